The van der Waals surface area contributed by atoms with Crippen molar-refractivity contribution < 1.29 is 9.90 Å². The standard InChI is InChI=1S/C20H23N3O2/c1-15(24)11-18(17-5-3-2-4-6-17)13-23-20(25)14-22-19-9-7-16(12-21)8-10-19/h2-10,15,18,22,24H,11,13-14H2,1H3,(H,23,25). The molecule has 0 heterocycles. The molecule has 3 N–H and O–H groups in total. The van der Waals surface area contributed by atoms with Gasteiger partial charge in [-0.1, -0.05) is 30.3 Å². The number of hydrogen-bond acceptors (Lipinski definition) is 4. The molecule has 2 unspecified atom stereocenters. The highest BCUT2D eigenvalue weighted by atomic mass is 16.3. The SMILES string of the molecule is CC(O)CC(CNC(=O)CNc1ccc(C#N)cc1)c1ccccc1. The average molecular weight is 337 g/mol. The number of carbonyl (C=O) groups is 1. The molecule has 0 bridgehead atoms. The topological polar surface area (TPSA) is 85.2 Å². The molecule has 1 amide bonds. The summed E-state index contributed by atoms with van der Waals surface area (Å²) in [5.41, 5.74) is 2.47. The molecule has 0 aliphatic carbocycles. The molecule has 5 nitrogen and oxygen atoms in total. The van der Waals surface area contributed by atoms with Gasteiger partial charge in [0.05, 0.1) is 24.3 Å². The van der Waals surface area contributed by atoms with Crippen molar-refractivity contribution >= 4 is 11.6 Å². The van der Waals surface area contributed by atoms with Crippen LogP contribution in [-0.2, 0) is 4.79 Å². The van der Waals surface area contributed by atoms with Crippen LogP contribution in [0, 0.1) is 11.3 Å². The maximum Gasteiger partial charge on any atom is 0.239 e. The van der Waals surface area contributed by atoms with E-state index in [0.717, 1.165) is 11.3 Å². The van der Waals surface area contributed by atoms with E-state index in [-0.39, 0.29) is 18.4 Å². The lowest BCUT2D eigenvalue weighted by Crippen LogP contribution is -2.34. The van der Waals surface area contributed by atoms with Crippen LogP contribution < -0.4 is 10.6 Å². The van der Waals surface area contributed by atoms with Crippen LogP contribution in [0.5, 0.6) is 0 Å². The number of hydrogen-bond donors (Lipinski definition) is 3. The van der Waals surface area contributed by atoms with Crippen molar-refractivity contribution in [2.45, 2.75) is 25.4 Å². The summed E-state index contributed by atoms with van der Waals surface area (Å²) < 4.78 is 0. The van der Waals surface area contributed by atoms with Crippen LogP contribution in [0.4, 0.5) is 5.69 Å². The van der Waals surface area contributed by atoms with Gasteiger partial charge in [-0.15, -0.1) is 0 Å². The van der Waals surface area contributed by atoms with E-state index in [0.29, 0.717) is 18.5 Å². The fourth-order valence-electron chi connectivity index (χ4n) is 2.62. The first-order valence-corrected chi connectivity index (χ1v) is 8.32. The summed E-state index contributed by atoms with van der Waals surface area (Å²) in [6.45, 7) is 2.38. The van der Waals surface area contributed by atoms with Crippen LogP contribution in [-0.4, -0.2) is 30.2 Å². The predicted molar refractivity (Wildman–Crippen MR) is 98.1 cm³/mol. The van der Waals surface area contributed by atoms with Gasteiger partial charge in [-0.25, -0.2) is 0 Å². The molecule has 2 aromatic rings. The minimum absolute atomic E-state index is 0.0695. The molecule has 0 radical (unpaired) electrons. The zero-order valence-corrected chi connectivity index (χ0v) is 14.3. The highest BCUT2D eigenvalue weighted by Gasteiger charge is 2.15. The first-order chi connectivity index (χ1) is 12.1. The Balaban J connectivity index is 1.84. The van der Waals surface area contributed by atoms with Crippen LogP contribution >= 0.6 is 0 Å². The molecule has 130 valence electrons. The Morgan fingerprint density at radius 3 is 2.44 bits per heavy atom. The van der Waals surface area contributed by atoms with Crippen molar-refractivity contribution in [2.75, 3.05) is 18.4 Å². The summed E-state index contributed by atoms with van der Waals surface area (Å²) in [5, 5.41) is 24.4. The lowest BCUT2D eigenvalue weighted by atomic mass is 9.93. The molecule has 2 atom stereocenters. The van der Waals surface area contributed by atoms with E-state index in [1.54, 1.807) is 31.2 Å². The number of nitrogens with one attached hydrogen (secondary N) is 2. The first-order valence-electron chi connectivity index (χ1n) is 8.32. The number of aliphatic hydroxyl groups is 1. The monoisotopic (exact) mass is 337 g/mol. The van der Waals surface area contributed by atoms with Gasteiger partial charge in [0, 0.05) is 18.2 Å². The molecule has 0 spiro atoms. The number of rotatable bonds is 8. The van der Waals surface area contributed by atoms with Gasteiger partial charge in [-0.2, -0.15) is 5.26 Å². The number of carbonyl (C=O) groups excluding carboxylic acids is 1. The molecular weight excluding hydrogens is 314 g/mol. The normalized spacial score (nSPS) is 12.7. The van der Waals surface area contributed by atoms with E-state index in [1.165, 1.54) is 0 Å². The Bertz CT molecular complexity index is 706. The Hall–Kier alpha value is -2.84. The zero-order valence-electron chi connectivity index (χ0n) is 14.3. The molecule has 25 heavy (non-hydrogen) atoms. The van der Waals surface area contributed by atoms with Gasteiger partial charge in [0.15, 0.2) is 0 Å². The molecule has 0 aliphatic heterocycles. The third kappa shape index (κ3) is 6.28. The lowest BCUT2D eigenvalue weighted by molar-refractivity contribution is -0.119. The maximum absolute atomic E-state index is 12.1. The summed E-state index contributed by atoms with van der Waals surface area (Å²) in [7, 11) is 0. The third-order valence-corrected chi connectivity index (χ3v) is 3.91. The van der Waals surface area contributed by atoms with E-state index in [9.17, 15) is 9.90 Å². The van der Waals surface area contributed by atoms with E-state index in [4.69, 9.17) is 5.26 Å². The van der Waals surface area contributed by atoms with Crippen molar-refractivity contribution in [2.24, 2.45) is 0 Å². The summed E-state index contributed by atoms with van der Waals surface area (Å²) in [5.74, 6) is -0.0454. The quantitative estimate of drug-likeness (QED) is 0.691. The minimum atomic E-state index is -0.432. The number of amides is 1. The molecule has 2 rings (SSSR count). The van der Waals surface area contributed by atoms with Gasteiger partial charge in [-0.05, 0) is 43.2 Å². The van der Waals surface area contributed by atoms with Gasteiger partial charge < -0.3 is 15.7 Å². The maximum atomic E-state index is 12.1. The summed E-state index contributed by atoms with van der Waals surface area (Å²) in [6, 6.07) is 18.9. The van der Waals surface area contributed by atoms with Crippen molar-refractivity contribution in [1.82, 2.24) is 5.32 Å². The fraction of sp³-hybridized carbons (Fsp3) is 0.300. The molecule has 2 aromatic carbocycles. The fourth-order valence-corrected chi connectivity index (χ4v) is 2.62. The van der Waals surface area contributed by atoms with E-state index >= 15 is 0 Å². The smallest absolute Gasteiger partial charge is 0.239 e. The van der Waals surface area contributed by atoms with E-state index in [1.807, 2.05) is 30.3 Å². The average Bonchev–Trinajstić information content (AvgIpc) is 2.64. The predicted octanol–water partition coefficient (Wildman–Crippen LogP) is 2.64. The Labute approximate surface area is 148 Å². The zero-order chi connectivity index (χ0) is 18.1. The Kier molecular flexibility index (Phi) is 7.00. The lowest BCUT2D eigenvalue weighted by Gasteiger charge is -2.20. The van der Waals surface area contributed by atoms with Gasteiger partial charge in [0.25, 0.3) is 0 Å². The van der Waals surface area contributed by atoms with Gasteiger partial charge in [0.1, 0.15) is 0 Å². The number of benzene rings is 2. The van der Waals surface area contributed by atoms with Gasteiger partial charge in [0.2, 0.25) is 5.91 Å². The van der Waals surface area contributed by atoms with Crippen molar-refractivity contribution in [1.29, 1.82) is 5.26 Å². The molecule has 0 aromatic heterocycles. The van der Waals surface area contributed by atoms with E-state index < -0.39 is 6.10 Å². The molecule has 0 fully saturated rings. The molecule has 0 saturated carbocycles. The first kappa shape index (κ1) is 18.5. The summed E-state index contributed by atoms with van der Waals surface area (Å²) in [4.78, 5) is 12.1. The van der Waals surface area contributed by atoms with Crippen molar-refractivity contribution in [3.8, 4) is 6.07 Å². The largest absolute Gasteiger partial charge is 0.393 e. The summed E-state index contributed by atoms with van der Waals surface area (Å²) in [6.07, 6.45) is 0.159. The van der Waals surface area contributed by atoms with Gasteiger partial charge >= 0.3 is 0 Å². The molecular formula is C20H23N3O2. The molecule has 5 heteroatoms. The van der Waals surface area contributed by atoms with Crippen molar-refractivity contribution in [3.63, 3.8) is 0 Å². The minimum Gasteiger partial charge on any atom is -0.393 e. The van der Waals surface area contributed by atoms with Crippen LogP contribution in [0.2, 0.25) is 0 Å². The number of aliphatic hydroxyl groups excluding tert-OH is 1. The second-order valence-electron chi connectivity index (χ2n) is 6.04. The molecule has 0 saturated heterocycles. The van der Waals surface area contributed by atoms with Crippen LogP contribution in [0.25, 0.3) is 0 Å². The van der Waals surface area contributed by atoms with Crippen LogP contribution in [0.15, 0.2) is 54.6 Å². The highest BCUT2D eigenvalue weighted by Crippen LogP contribution is 2.20. The number of nitrogens with zero attached hydrogens (tertiary/aromatic N) is 1. The van der Waals surface area contributed by atoms with Crippen LogP contribution in [0.1, 0.15) is 30.4 Å². The van der Waals surface area contributed by atoms with Gasteiger partial charge in [-0.3, -0.25) is 4.79 Å². The third-order valence-electron chi connectivity index (χ3n) is 3.91. The highest BCUT2D eigenvalue weighted by molar-refractivity contribution is 5.80. The van der Waals surface area contributed by atoms with Crippen LogP contribution in [0.3, 0.4) is 0 Å². The molecule has 0 aliphatic rings. The second-order valence-corrected chi connectivity index (χ2v) is 6.04. The number of anilines is 1. The summed E-state index contributed by atoms with van der Waals surface area (Å²) >= 11 is 0. The Morgan fingerprint density at radius 1 is 1.16 bits per heavy atom. The second kappa shape index (κ2) is 9.45. The van der Waals surface area contributed by atoms with E-state index in [2.05, 4.69) is 16.7 Å². The number of nitriles is 1. The Morgan fingerprint density at radius 2 is 1.84 bits per heavy atom. The van der Waals surface area contributed by atoms with Crippen molar-refractivity contribution in [3.05, 3.63) is 65.7 Å².